The highest BCUT2D eigenvalue weighted by molar-refractivity contribution is 6.30. The third-order valence-electron chi connectivity index (χ3n) is 5.35. The molecule has 8 nitrogen and oxygen atoms in total. The number of halogens is 1. The third kappa shape index (κ3) is 4.04. The van der Waals surface area contributed by atoms with E-state index in [9.17, 15) is 14.9 Å². The topological polar surface area (TPSA) is 101 Å². The van der Waals surface area contributed by atoms with Crippen LogP contribution < -0.4 is 4.74 Å². The van der Waals surface area contributed by atoms with Crippen molar-refractivity contribution in [2.75, 3.05) is 0 Å². The molecular formula is C20H19ClN2O6. The lowest BCUT2D eigenvalue weighted by Crippen LogP contribution is -2.21. The van der Waals surface area contributed by atoms with Gasteiger partial charge in [0, 0.05) is 22.3 Å². The Balaban J connectivity index is 1.53. The van der Waals surface area contributed by atoms with E-state index >= 15 is 0 Å². The van der Waals surface area contributed by atoms with E-state index in [1.54, 1.807) is 25.3 Å². The number of rotatable bonds is 5. The lowest BCUT2D eigenvalue weighted by atomic mass is 10.00. The molecule has 0 N–H and O–H groups in total. The molecule has 1 aliphatic heterocycles. The summed E-state index contributed by atoms with van der Waals surface area (Å²) in [7, 11) is 0. The number of aromatic nitrogens is 1. The number of benzene rings is 1. The number of hydrogen-bond donors (Lipinski definition) is 0. The minimum Gasteiger partial charge on any atom is -0.424 e. The van der Waals surface area contributed by atoms with Gasteiger partial charge in [0.15, 0.2) is 5.75 Å². The molecule has 0 saturated heterocycles. The highest BCUT2D eigenvalue weighted by Gasteiger charge is 2.35. The van der Waals surface area contributed by atoms with Crippen molar-refractivity contribution in [3.05, 3.63) is 68.0 Å². The lowest BCUT2D eigenvalue weighted by molar-refractivity contribution is -0.768. The molecule has 1 aliphatic carbocycles. The fraction of sp³-hybridized carbons (Fsp3) is 0.400. The van der Waals surface area contributed by atoms with Gasteiger partial charge in [-0.05, 0) is 43.9 Å². The minimum absolute atomic E-state index is 0.269. The fourth-order valence-electron chi connectivity index (χ4n) is 3.89. The van der Waals surface area contributed by atoms with Gasteiger partial charge in [0.1, 0.15) is 12.2 Å². The molecule has 29 heavy (non-hydrogen) atoms. The Morgan fingerprint density at radius 2 is 2.07 bits per heavy atom. The number of hydrogen-bond acceptors (Lipinski definition) is 7. The van der Waals surface area contributed by atoms with Crippen molar-refractivity contribution in [1.82, 2.24) is 4.98 Å². The summed E-state index contributed by atoms with van der Waals surface area (Å²) in [6, 6.07) is 7.37. The summed E-state index contributed by atoms with van der Waals surface area (Å²) in [5, 5.41) is 10.3. The van der Waals surface area contributed by atoms with Gasteiger partial charge in [-0.1, -0.05) is 23.7 Å². The summed E-state index contributed by atoms with van der Waals surface area (Å²) >= 11 is 5.97. The van der Waals surface area contributed by atoms with Gasteiger partial charge < -0.3 is 14.3 Å². The molecule has 152 valence electrons. The van der Waals surface area contributed by atoms with Gasteiger partial charge in [-0.2, -0.15) is 0 Å². The summed E-state index contributed by atoms with van der Waals surface area (Å²) in [6.45, 7) is 2.07. The predicted octanol–water partition coefficient (Wildman–Crippen LogP) is 3.95. The van der Waals surface area contributed by atoms with Gasteiger partial charge >= 0.3 is 5.97 Å². The summed E-state index contributed by atoms with van der Waals surface area (Å²) in [5.41, 5.74) is 3.17. The van der Waals surface area contributed by atoms with Gasteiger partial charge in [-0.15, -0.1) is 10.1 Å². The third-order valence-corrected chi connectivity index (χ3v) is 5.61. The fourth-order valence-corrected chi connectivity index (χ4v) is 4.01. The van der Waals surface area contributed by atoms with Crippen molar-refractivity contribution >= 4 is 17.6 Å². The first-order chi connectivity index (χ1) is 13.9. The molecule has 2 aliphatic rings. The Labute approximate surface area is 171 Å². The minimum atomic E-state index is -0.815. The van der Waals surface area contributed by atoms with Crippen LogP contribution in [0.5, 0.6) is 5.75 Å². The van der Waals surface area contributed by atoms with Gasteiger partial charge in [-0.3, -0.25) is 9.78 Å². The van der Waals surface area contributed by atoms with Gasteiger partial charge in [-0.25, -0.2) is 0 Å². The molecule has 2 aromatic rings. The zero-order chi connectivity index (χ0) is 20.5. The van der Waals surface area contributed by atoms with Crippen LogP contribution >= 0.6 is 11.6 Å². The highest BCUT2D eigenvalue weighted by atomic mass is 35.5. The van der Waals surface area contributed by atoms with Crippen LogP contribution in [-0.4, -0.2) is 22.1 Å². The van der Waals surface area contributed by atoms with E-state index in [1.807, 2.05) is 12.1 Å². The second-order valence-corrected chi connectivity index (χ2v) is 7.67. The Hall–Kier alpha value is -2.71. The van der Waals surface area contributed by atoms with Crippen LogP contribution in [0.1, 0.15) is 47.8 Å². The van der Waals surface area contributed by atoms with Crippen molar-refractivity contribution < 1.29 is 24.2 Å². The first kappa shape index (κ1) is 19.6. The van der Waals surface area contributed by atoms with Crippen molar-refractivity contribution in [2.24, 2.45) is 5.92 Å². The molecule has 0 spiro atoms. The van der Waals surface area contributed by atoms with Crippen LogP contribution in [0.2, 0.25) is 5.02 Å². The van der Waals surface area contributed by atoms with Gasteiger partial charge in [0.25, 0.3) is 5.09 Å². The standard InChI is InChI=1S/C20H19ClN2O6/c1-11-18(28-20(24)13-4-7-15(8-13)29-23(25)26)17-10-27-19(16(17)9-22-11)12-2-5-14(21)6-3-12/h2-3,5-6,9,13,15,19H,4,7-8,10H2,1H3/t13?,15-,19-/m0/s1. The van der Waals surface area contributed by atoms with Crippen LogP contribution in [0.15, 0.2) is 30.5 Å². The molecule has 1 saturated carbocycles. The predicted molar refractivity (Wildman–Crippen MR) is 102 cm³/mol. The number of aryl methyl sites for hydroxylation is 1. The Morgan fingerprint density at radius 3 is 2.79 bits per heavy atom. The van der Waals surface area contributed by atoms with Crippen molar-refractivity contribution in [3.63, 3.8) is 0 Å². The second-order valence-electron chi connectivity index (χ2n) is 7.23. The molecule has 1 aromatic heterocycles. The monoisotopic (exact) mass is 418 g/mol. The number of carbonyl (C=O) groups excluding carboxylic acids is 1. The van der Waals surface area contributed by atoms with Crippen LogP contribution in [-0.2, 0) is 21.0 Å². The van der Waals surface area contributed by atoms with Gasteiger partial charge in [0.2, 0.25) is 0 Å². The summed E-state index contributed by atoms with van der Waals surface area (Å²) in [4.78, 5) is 32.1. The Kier molecular flexibility index (Phi) is 5.38. The zero-order valence-electron chi connectivity index (χ0n) is 15.7. The van der Waals surface area contributed by atoms with Crippen LogP contribution in [0, 0.1) is 23.0 Å². The van der Waals surface area contributed by atoms with E-state index in [2.05, 4.69) is 9.82 Å². The second kappa shape index (κ2) is 7.96. The first-order valence-electron chi connectivity index (χ1n) is 9.30. The highest BCUT2D eigenvalue weighted by Crippen LogP contribution is 2.41. The van der Waals surface area contributed by atoms with Crippen LogP contribution in [0.4, 0.5) is 0 Å². The smallest absolute Gasteiger partial charge is 0.314 e. The zero-order valence-corrected chi connectivity index (χ0v) is 16.4. The van der Waals surface area contributed by atoms with E-state index in [-0.39, 0.29) is 12.5 Å². The molecule has 0 amide bonds. The van der Waals surface area contributed by atoms with E-state index < -0.39 is 23.1 Å². The van der Waals surface area contributed by atoms with Gasteiger partial charge in [0.05, 0.1) is 18.2 Å². The SMILES string of the molecule is Cc1ncc2c(c1OC(=O)C1CC[C@H](O[N+](=O)[O-])C1)CO[C@H]2c1ccc(Cl)cc1. The van der Waals surface area contributed by atoms with E-state index in [0.717, 1.165) is 16.7 Å². The van der Waals surface area contributed by atoms with Crippen molar-refractivity contribution in [2.45, 2.75) is 45.0 Å². The number of fused-ring (bicyclic) bond motifs is 1. The molecule has 0 bridgehead atoms. The van der Waals surface area contributed by atoms with Crippen molar-refractivity contribution in [1.29, 1.82) is 0 Å². The summed E-state index contributed by atoms with van der Waals surface area (Å²) < 4.78 is 11.6. The molecular weight excluding hydrogens is 400 g/mol. The average Bonchev–Trinajstić information content (AvgIpc) is 3.31. The molecule has 4 rings (SSSR count). The van der Waals surface area contributed by atoms with Crippen LogP contribution in [0.25, 0.3) is 0 Å². The summed E-state index contributed by atoms with van der Waals surface area (Å²) in [5.74, 6) is -0.458. The molecule has 2 heterocycles. The van der Waals surface area contributed by atoms with E-state index in [4.69, 9.17) is 21.1 Å². The quantitative estimate of drug-likeness (QED) is 0.411. The molecule has 1 unspecified atom stereocenters. The number of carbonyl (C=O) groups is 1. The lowest BCUT2D eigenvalue weighted by Gasteiger charge is -2.15. The average molecular weight is 419 g/mol. The van der Waals surface area contributed by atoms with Crippen LogP contribution in [0.3, 0.4) is 0 Å². The maximum atomic E-state index is 12.7. The number of pyridine rings is 1. The number of nitrogens with zero attached hydrogens (tertiary/aromatic N) is 2. The maximum absolute atomic E-state index is 12.7. The van der Waals surface area contributed by atoms with E-state index in [0.29, 0.717) is 35.9 Å². The molecule has 1 fully saturated rings. The normalized spacial score (nSPS) is 22.9. The Morgan fingerprint density at radius 1 is 1.31 bits per heavy atom. The number of esters is 1. The molecule has 0 radical (unpaired) electrons. The molecule has 3 atom stereocenters. The largest absolute Gasteiger partial charge is 0.424 e. The molecule has 1 aromatic carbocycles. The Bertz CT molecular complexity index is 949. The molecule has 9 heteroatoms. The number of ether oxygens (including phenoxy) is 2. The first-order valence-corrected chi connectivity index (χ1v) is 9.68. The van der Waals surface area contributed by atoms with Crippen molar-refractivity contribution in [3.8, 4) is 5.75 Å². The summed E-state index contributed by atoms with van der Waals surface area (Å²) in [6.07, 6.45) is 2.07. The van der Waals surface area contributed by atoms with E-state index in [1.165, 1.54) is 0 Å². The maximum Gasteiger partial charge on any atom is 0.314 e.